The van der Waals surface area contributed by atoms with Crippen LogP contribution in [0.25, 0.3) is 0 Å². The lowest BCUT2D eigenvalue weighted by molar-refractivity contribution is 0.265. The zero-order valence-electron chi connectivity index (χ0n) is 17.7. The Balaban J connectivity index is 2.05. The summed E-state index contributed by atoms with van der Waals surface area (Å²) in [6.45, 7) is 12.9. The van der Waals surface area contributed by atoms with Crippen LogP contribution in [0.4, 0.5) is 4.39 Å². The van der Waals surface area contributed by atoms with Gasteiger partial charge in [0.15, 0.2) is 5.96 Å². The molecule has 1 saturated heterocycles. The van der Waals surface area contributed by atoms with E-state index < -0.39 is 0 Å². The van der Waals surface area contributed by atoms with Crippen molar-refractivity contribution in [2.45, 2.75) is 52.9 Å². The van der Waals surface area contributed by atoms with E-state index in [1.807, 2.05) is 31.1 Å². The van der Waals surface area contributed by atoms with Crippen molar-refractivity contribution >= 4 is 5.96 Å². The number of nitrogens with zero attached hydrogens (tertiary/aromatic N) is 3. The zero-order chi connectivity index (χ0) is 20.0. The number of rotatable bonds is 7. The Labute approximate surface area is 164 Å². The third-order valence-electron chi connectivity index (χ3n) is 5.05. The number of benzene rings is 1. The first-order chi connectivity index (χ1) is 12.8. The van der Waals surface area contributed by atoms with Crippen LogP contribution in [0, 0.1) is 11.7 Å². The number of halogens is 1. The summed E-state index contributed by atoms with van der Waals surface area (Å²) in [7, 11) is 3.89. The van der Waals surface area contributed by atoms with Gasteiger partial charge in [-0.15, -0.1) is 0 Å². The van der Waals surface area contributed by atoms with Crippen molar-refractivity contribution in [2.24, 2.45) is 10.9 Å². The lowest BCUT2D eigenvalue weighted by atomic mass is 10.1. The van der Waals surface area contributed by atoms with Crippen molar-refractivity contribution in [3.8, 4) is 0 Å². The molecule has 2 atom stereocenters. The Morgan fingerprint density at radius 2 is 2.07 bits per heavy atom. The fourth-order valence-corrected chi connectivity index (χ4v) is 3.47. The monoisotopic (exact) mass is 377 g/mol. The van der Waals surface area contributed by atoms with Gasteiger partial charge >= 0.3 is 0 Å². The van der Waals surface area contributed by atoms with Gasteiger partial charge < -0.3 is 15.5 Å². The maximum Gasteiger partial charge on any atom is 0.191 e. The predicted octanol–water partition coefficient (Wildman–Crippen LogP) is 2.67. The smallest absolute Gasteiger partial charge is 0.191 e. The van der Waals surface area contributed by atoms with Crippen molar-refractivity contribution < 1.29 is 4.39 Å². The summed E-state index contributed by atoms with van der Waals surface area (Å²) < 4.78 is 14.0. The third-order valence-corrected chi connectivity index (χ3v) is 5.05. The van der Waals surface area contributed by atoms with Crippen molar-refractivity contribution in [1.82, 2.24) is 20.4 Å². The maximum atomic E-state index is 14.0. The summed E-state index contributed by atoms with van der Waals surface area (Å²) in [5.74, 6) is 1.25. The van der Waals surface area contributed by atoms with Crippen LogP contribution in [0.5, 0.6) is 0 Å². The summed E-state index contributed by atoms with van der Waals surface area (Å²) in [5.41, 5.74) is 1.73. The number of aliphatic imine (C=N–C) groups is 1. The molecule has 1 aromatic rings. The Kier molecular flexibility index (Phi) is 8.05. The van der Waals surface area contributed by atoms with Gasteiger partial charge in [-0.1, -0.05) is 13.0 Å². The standard InChI is InChI=1S/C21H36FN5/c1-7-23-21(25-20-14-27(15(2)3)12-16(20)4)24-11-17-8-9-19(22)18(10-17)13-26(5)6/h8-10,15-16,20H,7,11-14H2,1-6H3,(H2,23,24,25). The van der Waals surface area contributed by atoms with Crippen LogP contribution in [0.3, 0.4) is 0 Å². The minimum absolute atomic E-state index is 0.157. The van der Waals surface area contributed by atoms with E-state index in [2.05, 4.69) is 43.2 Å². The summed E-state index contributed by atoms with van der Waals surface area (Å²) in [4.78, 5) is 9.21. The second-order valence-electron chi connectivity index (χ2n) is 8.13. The van der Waals surface area contributed by atoms with Crippen LogP contribution in [0.15, 0.2) is 23.2 Å². The van der Waals surface area contributed by atoms with E-state index in [0.29, 0.717) is 36.7 Å². The molecule has 2 unspecified atom stereocenters. The average molecular weight is 378 g/mol. The second kappa shape index (κ2) is 10.0. The minimum atomic E-state index is -0.157. The van der Waals surface area contributed by atoms with Gasteiger partial charge in [-0.2, -0.15) is 0 Å². The van der Waals surface area contributed by atoms with Crippen LogP contribution in [-0.2, 0) is 13.1 Å². The van der Waals surface area contributed by atoms with E-state index in [4.69, 9.17) is 4.99 Å². The van der Waals surface area contributed by atoms with Crippen LogP contribution < -0.4 is 10.6 Å². The quantitative estimate of drug-likeness (QED) is 0.566. The molecule has 2 rings (SSSR count). The van der Waals surface area contributed by atoms with Gasteiger partial charge in [0.25, 0.3) is 0 Å². The highest BCUT2D eigenvalue weighted by molar-refractivity contribution is 5.80. The van der Waals surface area contributed by atoms with Gasteiger partial charge in [-0.3, -0.25) is 4.90 Å². The van der Waals surface area contributed by atoms with E-state index in [-0.39, 0.29) is 5.82 Å². The van der Waals surface area contributed by atoms with Gasteiger partial charge in [-0.05, 0) is 58.5 Å². The third kappa shape index (κ3) is 6.47. The molecular weight excluding hydrogens is 341 g/mol. The SMILES string of the molecule is CCNC(=NCc1ccc(F)c(CN(C)C)c1)NC1CN(C(C)C)CC1C. The lowest BCUT2D eigenvalue weighted by Crippen LogP contribution is -2.46. The van der Waals surface area contributed by atoms with Gasteiger partial charge in [0, 0.05) is 43.8 Å². The molecule has 1 aliphatic rings. The molecule has 0 aliphatic carbocycles. The van der Waals surface area contributed by atoms with E-state index in [9.17, 15) is 4.39 Å². The number of hydrogen-bond acceptors (Lipinski definition) is 3. The topological polar surface area (TPSA) is 42.9 Å². The molecule has 6 heteroatoms. The largest absolute Gasteiger partial charge is 0.357 e. The minimum Gasteiger partial charge on any atom is -0.357 e. The fourth-order valence-electron chi connectivity index (χ4n) is 3.47. The summed E-state index contributed by atoms with van der Waals surface area (Å²) in [5, 5.41) is 6.94. The molecule has 1 aliphatic heterocycles. The molecule has 2 N–H and O–H groups in total. The molecular formula is C21H36FN5. The van der Waals surface area contributed by atoms with Gasteiger partial charge in [0.2, 0.25) is 0 Å². The molecule has 1 aromatic carbocycles. The van der Waals surface area contributed by atoms with E-state index in [1.54, 1.807) is 6.07 Å². The first-order valence-electron chi connectivity index (χ1n) is 10.0. The molecule has 0 radical (unpaired) electrons. The molecule has 5 nitrogen and oxygen atoms in total. The summed E-state index contributed by atoms with van der Waals surface area (Å²) in [6, 6.07) is 6.24. The Bertz CT molecular complexity index is 629. The number of guanidine groups is 1. The second-order valence-corrected chi connectivity index (χ2v) is 8.13. The first kappa shape index (κ1) is 21.6. The fraction of sp³-hybridized carbons (Fsp3) is 0.667. The summed E-state index contributed by atoms with van der Waals surface area (Å²) in [6.07, 6.45) is 0. The van der Waals surface area contributed by atoms with Crippen LogP contribution in [0.1, 0.15) is 38.8 Å². The molecule has 0 spiro atoms. The highest BCUT2D eigenvalue weighted by Crippen LogP contribution is 2.18. The molecule has 0 aromatic heterocycles. The molecule has 1 heterocycles. The molecule has 0 bridgehead atoms. The highest BCUT2D eigenvalue weighted by atomic mass is 19.1. The predicted molar refractivity (Wildman–Crippen MR) is 111 cm³/mol. The average Bonchev–Trinajstić information content (AvgIpc) is 2.96. The zero-order valence-corrected chi connectivity index (χ0v) is 17.7. The van der Waals surface area contributed by atoms with E-state index >= 15 is 0 Å². The van der Waals surface area contributed by atoms with Crippen molar-refractivity contribution in [3.05, 3.63) is 35.1 Å². The summed E-state index contributed by atoms with van der Waals surface area (Å²) >= 11 is 0. The molecule has 0 amide bonds. The van der Waals surface area contributed by atoms with E-state index in [0.717, 1.165) is 31.2 Å². The molecule has 0 saturated carbocycles. The van der Waals surface area contributed by atoms with Crippen LogP contribution in [-0.4, -0.2) is 61.6 Å². The highest BCUT2D eigenvalue weighted by Gasteiger charge is 2.31. The van der Waals surface area contributed by atoms with Crippen molar-refractivity contribution in [3.63, 3.8) is 0 Å². The van der Waals surface area contributed by atoms with Crippen molar-refractivity contribution in [1.29, 1.82) is 0 Å². The molecule has 152 valence electrons. The lowest BCUT2D eigenvalue weighted by Gasteiger charge is -2.22. The maximum absolute atomic E-state index is 14.0. The first-order valence-corrected chi connectivity index (χ1v) is 10.0. The normalized spacial score (nSPS) is 21.3. The van der Waals surface area contributed by atoms with Gasteiger partial charge in [-0.25, -0.2) is 9.38 Å². The molecule has 27 heavy (non-hydrogen) atoms. The van der Waals surface area contributed by atoms with Crippen molar-refractivity contribution in [2.75, 3.05) is 33.7 Å². The van der Waals surface area contributed by atoms with Crippen LogP contribution >= 0.6 is 0 Å². The number of likely N-dealkylation sites (tertiary alicyclic amines) is 1. The molecule has 1 fully saturated rings. The Morgan fingerprint density at radius 3 is 2.67 bits per heavy atom. The van der Waals surface area contributed by atoms with Crippen LogP contribution in [0.2, 0.25) is 0 Å². The number of nitrogens with one attached hydrogen (secondary N) is 2. The Morgan fingerprint density at radius 1 is 1.33 bits per heavy atom. The Hall–Kier alpha value is -1.66. The van der Waals surface area contributed by atoms with Gasteiger partial charge in [0.05, 0.1) is 6.54 Å². The van der Waals surface area contributed by atoms with Gasteiger partial charge in [0.1, 0.15) is 5.82 Å². The number of hydrogen-bond donors (Lipinski definition) is 2. The van der Waals surface area contributed by atoms with E-state index in [1.165, 1.54) is 0 Å².